The van der Waals surface area contributed by atoms with Gasteiger partial charge in [0.15, 0.2) is 0 Å². The Kier molecular flexibility index (Phi) is 2.36. The quantitative estimate of drug-likeness (QED) is 0.791. The monoisotopic (exact) mass is 192 g/mol. The van der Waals surface area contributed by atoms with Crippen molar-refractivity contribution in [2.24, 2.45) is 0 Å². The van der Waals surface area contributed by atoms with Crippen molar-refractivity contribution in [1.29, 1.82) is 0 Å². The number of rotatable bonds is 3. The number of thiophene rings is 1. The molecule has 0 saturated carbocycles. The van der Waals surface area contributed by atoms with Crippen LogP contribution in [0.2, 0.25) is 0 Å². The summed E-state index contributed by atoms with van der Waals surface area (Å²) in [5, 5.41) is 2.13. The molecule has 0 aromatic carbocycles. The molecule has 0 saturated heterocycles. The summed E-state index contributed by atoms with van der Waals surface area (Å²) >= 11 is 1.80. The molecule has 2 aromatic rings. The summed E-state index contributed by atoms with van der Waals surface area (Å²) in [6, 6.07) is 6.17. The molecule has 2 aromatic heterocycles. The van der Waals surface area contributed by atoms with Crippen molar-refractivity contribution in [3.8, 4) is 0 Å². The first-order valence-electron chi connectivity index (χ1n) is 4.26. The molecule has 0 aliphatic heterocycles. The van der Waals surface area contributed by atoms with Crippen LogP contribution in [-0.2, 0) is 6.54 Å². The third-order valence-electron chi connectivity index (χ3n) is 1.99. The van der Waals surface area contributed by atoms with Gasteiger partial charge >= 0.3 is 0 Å². The largest absolute Gasteiger partial charge is 0.321 e. The molecular weight excluding hydrogens is 180 g/mol. The van der Waals surface area contributed by atoms with Gasteiger partial charge in [0.05, 0.1) is 6.54 Å². The van der Waals surface area contributed by atoms with Crippen molar-refractivity contribution in [3.05, 3.63) is 46.4 Å². The topological polar surface area (TPSA) is 17.0 Å². The number of aromatic nitrogens is 1. The summed E-state index contributed by atoms with van der Waals surface area (Å²) in [4.78, 5) is 1.40. The number of nitrogens with zero attached hydrogens (tertiary/aromatic N) is 1. The lowest BCUT2D eigenvalue weighted by Gasteiger charge is -2.06. The third kappa shape index (κ3) is 1.92. The highest BCUT2D eigenvalue weighted by molar-refractivity contribution is 7.10. The summed E-state index contributed by atoms with van der Waals surface area (Å²) in [5.74, 6) is 0. The lowest BCUT2D eigenvalue weighted by Crippen LogP contribution is -2.11. The van der Waals surface area contributed by atoms with E-state index in [1.165, 1.54) is 10.4 Å². The van der Waals surface area contributed by atoms with Crippen LogP contribution in [-0.4, -0.2) is 4.68 Å². The Morgan fingerprint density at radius 1 is 1.38 bits per heavy atom. The second kappa shape index (κ2) is 3.66. The first kappa shape index (κ1) is 8.38. The van der Waals surface area contributed by atoms with Gasteiger partial charge in [0.1, 0.15) is 0 Å². The summed E-state index contributed by atoms with van der Waals surface area (Å²) in [7, 11) is 0. The van der Waals surface area contributed by atoms with Gasteiger partial charge in [0.2, 0.25) is 0 Å². The van der Waals surface area contributed by atoms with E-state index >= 15 is 0 Å². The van der Waals surface area contributed by atoms with Crippen LogP contribution in [0, 0.1) is 6.92 Å². The van der Waals surface area contributed by atoms with Crippen LogP contribution in [0.4, 0.5) is 0 Å². The summed E-state index contributed by atoms with van der Waals surface area (Å²) in [6.45, 7) is 3.04. The lowest BCUT2D eigenvalue weighted by molar-refractivity contribution is 0.852. The van der Waals surface area contributed by atoms with E-state index in [1.54, 1.807) is 11.3 Å². The van der Waals surface area contributed by atoms with Gasteiger partial charge in [-0.1, -0.05) is 0 Å². The molecule has 0 fully saturated rings. The molecule has 13 heavy (non-hydrogen) atoms. The Morgan fingerprint density at radius 2 is 2.15 bits per heavy atom. The fraction of sp³-hybridized carbons (Fsp3) is 0.200. The highest BCUT2D eigenvalue weighted by atomic mass is 32.1. The van der Waals surface area contributed by atoms with Crippen molar-refractivity contribution in [2.45, 2.75) is 13.5 Å². The van der Waals surface area contributed by atoms with Crippen LogP contribution < -0.4 is 5.43 Å². The smallest absolute Gasteiger partial charge is 0.0659 e. The Balaban J connectivity index is 1.97. The van der Waals surface area contributed by atoms with E-state index in [-0.39, 0.29) is 0 Å². The van der Waals surface area contributed by atoms with Crippen LogP contribution >= 0.6 is 11.3 Å². The standard InChI is InChI=1S/C10H12N2S/c1-9-4-7-13-10(9)8-11-12-5-2-3-6-12/h2-7,11H,8H2,1H3. The van der Waals surface area contributed by atoms with Crippen molar-refractivity contribution in [2.75, 3.05) is 5.43 Å². The van der Waals surface area contributed by atoms with Gasteiger partial charge in [-0.3, -0.25) is 4.68 Å². The Morgan fingerprint density at radius 3 is 2.77 bits per heavy atom. The van der Waals surface area contributed by atoms with Crippen molar-refractivity contribution in [3.63, 3.8) is 0 Å². The SMILES string of the molecule is Cc1ccsc1CNn1cccc1. The molecule has 0 spiro atoms. The van der Waals surface area contributed by atoms with E-state index in [9.17, 15) is 0 Å². The highest BCUT2D eigenvalue weighted by Crippen LogP contribution is 2.15. The number of aryl methyl sites for hydroxylation is 1. The lowest BCUT2D eigenvalue weighted by atomic mass is 10.3. The predicted molar refractivity (Wildman–Crippen MR) is 56.6 cm³/mol. The Hall–Kier alpha value is -1.22. The average Bonchev–Trinajstić information content (AvgIpc) is 2.72. The van der Waals surface area contributed by atoms with Crippen LogP contribution in [0.3, 0.4) is 0 Å². The van der Waals surface area contributed by atoms with E-state index in [1.807, 2.05) is 29.2 Å². The van der Waals surface area contributed by atoms with E-state index in [0.717, 1.165) is 6.54 Å². The molecule has 2 heterocycles. The molecule has 2 nitrogen and oxygen atoms in total. The van der Waals surface area contributed by atoms with Gasteiger partial charge < -0.3 is 5.43 Å². The Labute approximate surface area is 81.8 Å². The normalized spacial score (nSPS) is 10.2. The van der Waals surface area contributed by atoms with E-state index < -0.39 is 0 Å². The fourth-order valence-electron chi connectivity index (χ4n) is 1.19. The van der Waals surface area contributed by atoms with E-state index in [0.29, 0.717) is 0 Å². The summed E-state index contributed by atoms with van der Waals surface area (Å²) < 4.78 is 1.97. The minimum Gasteiger partial charge on any atom is -0.321 e. The number of hydrogen-bond donors (Lipinski definition) is 1. The molecule has 0 aliphatic rings. The van der Waals surface area contributed by atoms with Crippen molar-refractivity contribution in [1.82, 2.24) is 4.68 Å². The second-order valence-electron chi connectivity index (χ2n) is 2.95. The van der Waals surface area contributed by atoms with Gasteiger partial charge in [-0.25, -0.2) is 0 Å². The molecule has 68 valence electrons. The third-order valence-corrected chi connectivity index (χ3v) is 3.02. The van der Waals surface area contributed by atoms with Gasteiger partial charge in [0, 0.05) is 17.3 Å². The van der Waals surface area contributed by atoms with Gasteiger partial charge in [0.25, 0.3) is 0 Å². The zero-order chi connectivity index (χ0) is 9.10. The second-order valence-corrected chi connectivity index (χ2v) is 3.95. The first-order valence-corrected chi connectivity index (χ1v) is 5.14. The number of nitrogens with one attached hydrogen (secondary N) is 1. The molecule has 0 unspecified atom stereocenters. The van der Waals surface area contributed by atoms with Crippen LogP contribution in [0.5, 0.6) is 0 Å². The molecule has 0 radical (unpaired) electrons. The van der Waals surface area contributed by atoms with Gasteiger partial charge in [-0.05, 0) is 36.1 Å². The number of hydrogen-bond acceptors (Lipinski definition) is 2. The molecule has 2 rings (SSSR count). The molecule has 0 amide bonds. The molecule has 0 bridgehead atoms. The predicted octanol–water partition coefficient (Wildman–Crippen LogP) is 2.60. The minimum absolute atomic E-state index is 0.901. The zero-order valence-corrected chi connectivity index (χ0v) is 8.34. The maximum atomic E-state index is 3.29. The van der Waals surface area contributed by atoms with E-state index in [2.05, 4.69) is 23.8 Å². The maximum absolute atomic E-state index is 3.29. The summed E-state index contributed by atoms with van der Waals surface area (Å²) in [5.41, 5.74) is 4.66. The molecular formula is C10H12N2S. The average molecular weight is 192 g/mol. The Bertz CT molecular complexity index is 362. The molecule has 3 heteroatoms. The van der Waals surface area contributed by atoms with Crippen LogP contribution in [0.15, 0.2) is 36.0 Å². The summed E-state index contributed by atoms with van der Waals surface area (Å²) in [6.07, 6.45) is 4.01. The molecule has 1 N–H and O–H groups in total. The van der Waals surface area contributed by atoms with Crippen molar-refractivity contribution < 1.29 is 0 Å². The zero-order valence-electron chi connectivity index (χ0n) is 7.53. The van der Waals surface area contributed by atoms with Crippen LogP contribution in [0.1, 0.15) is 10.4 Å². The van der Waals surface area contributed by atoms with Gasteiger partial charge in [-0.2, -0.15) is 0 Å². The maximum Gasteiger partial charge on any atom is 0.0659 e. The van der Waals surface area contributed by atoms with Crippen LogP contribution in [0.25, 0.3) is 0 Å². The fourth-order valence-corrected chi connectivity index (χ4v) is 2.03. The highest BCUT2D eigenvalue weighted by Gasteiger charge is 1.97. The van der Waals surface area contributed by atoms with Crippen molar-refractivity contribution >= 4 is 11.3 Å². The molecule has 0 aliphatic carbocycles. The molecule has 0 atom stereocenters. The van der Waals surface area contributed by atoms with Gasteiger partial charge in [-0.15, -0.1) is 11.3 Å². The minimum atomic E-state index is 0.901. The first-order chi connectivity index (χ1) is 6.36. The van der Waals surface area contributed by atoms with E-state index in [4.69, 9.17) is 0 Å².